The third kappa shape index (κ3) is 5.88. The summed E-state index contributed by atoms with van der Waals surface area (Å²) in [6.45, 7) is 4.07. The number of benzene rings is 2. The lowest BCUT2D eigenvalue weighted by atomic mass is 10.0. The highest BCUT2D eigenvalue weighted by Crippen LogP contribution is 2.21. The summed E-state index contributed by atoms with van der Waals surface area (Å²) in [5, 5.41) is 6.87. The van der Waals surface area contributed by atoms with Gasteiger partial charge in [0.2, 0.25) is 5.91 Å². The van der Waals surface area contributed by atoms with E-state index in [-0.39, 0.29) is 11.7 Å². The Labute approximate surface area is 174 Å². The van der Waals surface area contributed by atoms with Gasteiger partial charge in [0.25, 0.3) is 5.89 Å². The Morgan fingerprint density at radius 1 is 1.17 bits per heavy atom. The highest BCUT2D eigenvalue weighted by Gasteiger charge is 2.21. The van der Waals surface area contributed by atoms with Gasteiger partial charge in [-0.15, -0.1) is 0 Å². The number of amides is 1. The van der Waals surface area contributed by atoms with Crippen LogP contribution < -0.4 is 5.32 Å². The van der Waals surface area contributed by atoms with E-state index in [1.165, 1.54) is 0 Å². The maximum atomic E-state index is 12.4. The third-order valence-electron chi connectivity index (χ3n) is 4.10. The van der Waals surface area contributed by atoms with E-state index in [0.717, 1.165) is 5.56 Å². The number of hydrogen-bond donors (Lipinski definition) is 1. The number of hydrogen-bond acceptors (Lipinski definition) is 6. The van der Waals surface area contributed by atoms with Crippen molar-refractivity contribution in [1.29, 1.82) is 0 Å². The zero-order chi connectivity index (χ0) is 21.0. The largest absolute Gasteiger partial charge is 0.334 e. The van der Waals surface area contributed by atoms with Crippen molar-refractivity contribution < 1.29 is 17.7 Å². The number of sulfone groups is 1. The van der Waals surface area contributed by atoms with Crippen LogP contribution in [-0.4, -0.2) is 30.2 Å². The van der Waals surface area contributed by atoms with Crippen LogP contribution in [-0.2, 0) is 20.4 Å². The lowest BCUT2D eigenvalue weighted by Crippen LogP contribution is -2.24. The molecule has 1 aromatic heterocycles. The van der Waals surface area contributed by atoms with Crippen molar-refractivity contribution in [3.63, 3.8) is 0 Å². The smallest absolute Gasteiger partial charge is 0.257 e. The second-order valence-corrected chi connectivity index (χ2v) is 9.38. The van der Waals surface area contributed by atoms with E-state index in [4.69, 9.17) is 16.1 Å². The molecule has 0 spiro atoms. The molecule has 2 aromatic carbocycles. The minimum absolute atomic E-state index is 0.00967. The maximum absolute atomic E-state index is 12.4. The first-order chi connectivity index (χ1) is 13.7. The van der Waals surface area contributed by atoms with E-state index < -0.39 is 27.3 Å². The van der Waals surface area contributed by atoms with E-state index in [9.17, 15) is 13.2 Å². The zero-order valence-electron chi connectivity index (χ0n) is 15.9. The lowest BCUT2D eigenvalue weighted by Gasteiger charge is -2.09. The number of carbonyl (C=O) groups is 1. The van der Waals surface area contributed by atoms with E-state index in [1.807, 2.05) is 32.0 Å². The number of nitrogens with one attached hydrogen (secondary N) is 1. The molecule has 0 radical (unpaired) electrons. The summed E-state index contributed by atoms with van der Waals surface area (Å²) in [5.74, 6) is -1.32. The lowest BCUT2D eigenvalue weighted by molar-refractivity contribution is -0.113. The van der Waals surface area contributed by atoms with Gasteiger partial charge in [0.15, 0.2) is 15.7 Å². The Hall–Kier alpha value is -2.71. The summed E-state index contributed by atoms with van der Waals surface area (Å²) in [6.07, 6.45) is 0. The van der Waals surface area contributed by atoms with Gasteiger partial charge in [0.1, 0.15) is 11.5 Å². The standard InChI is InChI=1S/C20H20ClN3O4S/c1-13(2)15-4-3-5-17(10-15)22-19(25)12-29(26,27)11-18-23-20(28-24-18)14-6-8-16(21)9-7-14/h3-10,13H,11-12H2,1-2H3,(H,22,25). The first-order valence-electron chi connectivity index (χ1n) is 8.90. The van der Waals surface area contributed by atoms with Crippen LogP contribution >= 0.6 is 11.6 Å². The Kier molecular flexibility index (Phi) is 6.34. The number of anilines is 1. The van der Waals surface area contributed by atoms with Crippen LogP contribution in [0.2, 0.25) is 5.02 Å². The highest BCUT2D eigenvalue weighted by atomic mass is 35.5. The Balaban J connectivity index is 1.63. The van der Waals surface area contributed by atoms with E-state index in [1.54, 1.807) is 30.3 Å². The minimum atomic E-state index is -3.77. The van der Waals surface area contributed by atoms with Crippen molar-refractivity contribution in [3.8, 4) is 11.5 Å². The average Bonchev–Trinajstić information content (AvgIpc) is 3.09. The van der Waals surface area contributed by atoms with Gasteiger partial charge in [-0.05, 0) is 47.9 Å². The fraction of sp³-hybridized carbons (Fsp3) is 0.250. The van der Waals surface area contributed by atoms with E-state index in [2.05, 4.69) is 15.5 Å². The van der Waals surface area contributed by atoms with E-state index >= 15 is 0 Å². The molecule has 0 unspecified atom stereocenters. The highest BCUT2D eigenvalue weighted by molar-refractivity contribution is 7.91. The summed E-state index contributed by atoms with van der Waals surface area (Å²) in [6, 6.07) is 14.0. The van der Waals surface area contributed by atoms with Gasteiger partial charge in [-0.1, -0.05) is 42.7 Å². The van der Waals surface area contributed by atoms with Gasteiger partial charge < -0.3 is 9.84 Å². The molecule has 0 saturated heterocycles. The molecule has 29 heavy (non-hydrogen) atoms. The minimum Gasteiger partial charge on any atom is -0.334 e. The molecule has 9 heteroatoms. The topological polar surface area (TPSA) is 102 Å². The number of carbonyl (C=O) groups excluding carboxylic acids is 1. The normalized spacial score (nSPS) is 11.6. The molecule has 3 rings (SSSR count). The van der Waals surface area contributed by atoms with Crippen LogP contribution in [0.5, 0.6) is 0 Å². The van der Waals surface area contributed by atoms with Crippen molar-refractivity contribution in [2.75, 3.05) is 11.1 Å². The summed E-state index contributed by atoms with van der Waals surface area (Å²) in [5.41, 5.74) is 2.22. The molecule has 0 saturated carbocycles. The van der Waals surface area contributed by atoms with Crippen molar-refractivity contribution in [2.45, 2.75) is 25.5 Å². The molecular weight excluding hydrogens is 414 g/mol. The van der Waals surface area contributed by atoms with Crippen LogP contribution in [0, 0.1) is 0 Å². The molecule has 0 aliphatic carbocycles. The molecule has 0 aliphatic rings. The summed E-state index contributed by atoms with van der Waals surface area (Å²) >= 11 is 5.84. The maximum Gasteiger partial charge on any atom is 0.257 e. The molecule has 0 atom stereocenters. The first-order valence-corrected chi connectivity index (χ1v) is 11.1. The average molecular weight is 434 g/mol. The van der Waals surface area contributed by atoms with Crippen LogP contribution in [0.15, 0.2) is 53.1 Å². The Bertz CT molecular complexity index is 1110. The Morgan fingerprint density at radius 2 is 1.90 bits per heavy atom. The van der Waals surface area contributed by atoms with Gasteiger partial charge in [-0.25, -0.2) is 8.42 Å². The predicted octanol–water partition coefficient (Wildman–Crippen LogP) is 4.07. The van der Waals surface area contributed by atoms with Gasteiger partial charge in [0, 0.05) is 16.3 Å². The number of nitrogens with zero attached hydrogens (tertiary/aromatic N) is 2. The molecular formula is C20H20ClN3O4S. The summed E-state index contributed by atoms with van der Waals surface area (Å²) < 4.78 is 29.8. The number of halogens is 1. The van der Waals surface area contributed by atoms with Crippen molar-refractivity contribution in [3.05, 3.63) is 64.9 Å². The predicted molar refractivity (Wildman–Crippen MR) is 111 cm³/mol. The molecule has 1 heterocycles. The monoisotopic (exact) mass is 433 g/mol. The summed E-state index contributed by atoms with van der Waals surface area (Å²) in [7, 11) is -3.77. The molecule has 0 bridgehead atoms. The molecule has 152 valence electrons. The van der Waals surface area contributed by atoms with Crippen LogP contribution in [0.1, 0.15) is 31.2 Å². The van der Waals surface area contributed by atoms with Gasteiger partial charge in [-0.2, -0.15) is 4.98 Å². The molecule has 0 aliphatic heterocycles. The fourth-order valence-corrected chi connectivity index (χ4v) is 3.85. The second-order valence-electron chi connectivity index (χ2n) is 6.88. The fourth-order valence-electron chi connectivity index (χ4n) is 2.64. The quantitative estimate of drug-likeness (QED) is 0.602. The van der Waals surface area contributed by atoms with Crippen LogP contribution in [0.25, 0.3) is 11.5 Å². The van der Waals surface area contributed by atoms with Crippen molar-refractivity contribution in [1.82, 2.24) is 10.1 Å². The SMILES string of the molecule is CC(C)c1cccc(NC(=O)CS(=O)(=O)Cc2noc(-c3ccc(Cl)cc3)n2)c1. The van der Waals surface area contributed by atoms with Crippen LogP contribution in [0.3, 0.4) is 0 Å². The first kappa shape index (κ1) is 21.0. The van der Waals surface area contributed by atoms with Crippen molar-refractivity contribution >= 4 is 33.0 Å². The van der Waals surface area contributed by atoms with Gasteiger partial charge in [0.05, 0.1) is 0 Å². The number of aromatic nitrogens is 2. The number of rotatable bonds is 7. The molecule has 7 nitrogen and oxygen atoms in total. The van der Waals surface area contributed by atoms with Crippen LogP contribution in [0.4, 0.5) is 5.69 Å². The van der Waals surface area contributed by atoms with Gasteiger partial charge >= 0.3 is 0 Å². The molecule has 0 fully saturated rings. The zero-order valence-corrected chi connectivity index (χ0v) is 17.5. The Morgan fingerprint density at radius 3 is 2.59 bits per heavy atom. The van der Waals surface area contributed by atoms with Crippen molar-refractivity contribution in [2.24, 2.45) is 0 Å². The summed E-state index contributed by atoms with van der Waals surface area (Å²) in [4.78, 5) is 16.3. The molecule has 3 aromatic rings. The van der Waals surface area contributed by atoms with Gasteiger partial charge in [-0.3, -0.25) is 4.79 Å². The third-order valence-corrected chi connectivity index (χ3v) is 5.75. The van der Waals surface area contributed by atoms with E-state index in [0.29, 0.717) is 22.2 Å². The molecule has 1 N–H and O–H groups in total. The molecule has 1 amide bonds. The second kappa shape index (κ2) is 8.75.